The van der Waals surface area contributed by atoms with E-state index in [9.17, 15) is 22.8 Å². The largest absolute Gasteiger partial charge is 0.489 e. The van der Waals surface area contributed by atoms with E-state index in [0.717, 1.165) is 35.4 Å². The molecular weight excluding hydrogens is 447 g/mol. The minimum atomic E-state index is -4.49. The van der Waals surface area contributed by atoms with Crippen molar-refractivity contribution in [2.24, 2.45) is 5.10 Å². The Hall–Kier alpha value is -4.14. The second-order valence-corrected chi connectivity index (χ2v) is 7.41. The van der Waals surface area contributed by atoms with E-state index in [0.29, 0.717) is 23.6 Å². The monoisotopic (exact) mass is 469 g/mol. The number of anilines is 1. The molecule has 0 unspecified atom stereocenters. The van der Waals surface area contributed by atoms with E-state index < -0.39 is 23.6 Å². The van der Waals surface area contributed by atoms with Crippen LogP contribution in [-0.4, -0.2) is 17.5 Å². The van der Waals surface area contributed by atoms with Crippen molar-refractivity contribution in [2.75, 3.05) is 5.32 Å². The number of carbonyl (C=O) groups is 2. The van der Waals surface area contributed by atoms with Crippen molar-refractivity contribution in [3.05, 3.63) is 95.1 Å². The number of carbonyl (C=O) groups excluding carboxylic acids is 2. The molecule has 0 fully saturated rings. The van der Waals surface area contributed by atoms with Gasteiger partial charge in [-0.25, -0.2) is 5.43 Å². The zero-order valence-corrected chi connectivity index (χ0v) is 18.4. The molecule has 6 nitrogen and oxygen atoms in total. The number of aryl methyl sites for hydroxylation is 1. The second kappa shape index (κ2) is 10.7. The first kappa shape index (κ1) is 24.5. The molecule has 0 saturated carbocycles. The van der Waals surface area contributed by atoms with Crippen molar-refractivity contribution in [1.82, 2.24) is 5.43 Å². The Bertz CT molecular complexity index is 1190. The van der Waals surface area contributed by atoms with Gasteiger partial charge in [0.1, 0.15) is 12.4 Å². The van der Waals surface area contributed by atoms with Crippen LogP contribution < -0.4 is 15.5 Å². The van der Waals surface area contributed by atoms with Crippen LogP contribution >= 0.6 is 0 Å². The number of ether oxygens (including phenoxy) is 1. The summed E-state index contributed by atoms with van der Waals surface area (Å²) in [7, 11) is 0. The molecule has 0 aliphatic heterocycles. The maximum atomic E-state index is 12.6. The van der Waals surface area contributed by atoms with E-state index in [2.05, 4.69) is 15.8 Å². The average molecular weight is 469 g/mol. The lowest BCUT2D eigenvalue weighted by molar-refractivity contribution is -0.137. The fraction of sp³-hybridized carbons (Fsp3) is 0.160. The van der Waals surface area contributed by atoms with Gasteiger partial charge in [-0.2, -0.15) is 18.3 Å². The molecule has 0 aliphatic rings. The molecule has 0 bridgehead atoms. The van der Waals surface area contributed by atoms with Crippen molar-refractivity contribution in [3.63, 3.8) is 0 Å². The van der Waals surface area contributed by atoms with Gasteiger partial charge < -0.3 is 10.1 Å². The Balaban J connectivity index is 1.53. The molecule has 3 aromatic rings. The third kappa shape index (κ3) is 6.68. The van der Waals surface area contributed by atoms with Gasteiger partial charge in [-0.1, -0.05) is 24.3 Å². The predicted molar refractivity (Wildman–Crippen MR) is 122 cm³/mol. The van der Waals surface area contributed by atoms with Crippen LogP contribution in [0.2, 0.25) is 0 Å². The summed E-state index contributed by atoms with van der Waals surface area (Å²) in [4.78, 5) is 24.0. The Morgan fingerprint density at radius 3 is 2.18 bits per heavy atom. The molecular formula is C25H22F3N3O3. The van der Waals surface area contributed by atoms with Crippen molar-refractivity contribution in [3.8, 4) is 5.75 Å². The van der Waals surface area contributed by atoms with E-state index >= 15 is 0 Å². The first-order valence-corrected chi connectivity index (χ1v) is 10.2. The van der Waals surface area contributed by atoms with Gasteiger partial charge in [0, 0.05) is 5.69 Å². The highest BCUT2D eigenvalue weighted by molar-refractivity contribution is 6.39. The quantitative estimate of drug-likeness (QED) is 0.301. The molecule has 2 N–H and O–H groups in total. The molecule has 0 aliphatic carbocycles. The van der Waals surface area contributed by atoms with Crippen LogP contribution in [0, 0.1) is 6.92 Å². The number of rotatable bonds is 6. The fourth-order valence-electron chi connectivity index (χ4n) is 2.91. The number of amides is 2. The standard InChI is InChI=1S/C25H22F3N3O3/c1-16-5-3-4-6-19(16)15-34-22-13-7-18(8-14-22)17(2)30-31-24(33)23(32)29-21-11-9-20(10-12-21)25(26,27)28/h3-14H,15H2,1-2H3,(H,29,32)(H,31,33)/b30-17+. The van der Waals surface area contributed by atoms with E-state index in [-0.39, 0.29) is 5.69 Å². The van der Waals surface area contributed by atoms with E-state index in [1.807, 2.05) is 31.2 Å². The molecule has 0 spiro atoms. The van der Waals surface area contributed by atoms with Crippen LogP contribution in [0.3, 0.4) is 0 Å². The van der Waals surface area contributed by atoms with Gasteiger partial charge in [-0.3, -0.25) is 9.59 Å². The molecule has 3 aromatic carbocycles. The SMILES string of the molecule is C/C(=N\NC(=O)C(=O)Nc1ccc(C(F)(F)F)cc1)c1ccc(OCc2ccccc2C)cc1. The number of hydrazone groups is 1. The van der Waals surface area contributed by atoms with Gasteiger partial charge in [0.05, 0.1) is 11.3 Å². The summed E-state index contributed by atoms with van der Waals surface area (Å²) in [5.41, 5.74) is 4.69. The smallest absolute Gasteiger partial charge is 0.416 e. The molecule has 9 heteroatoms. The number of halogens is 3. The summed E-state index contributed by atoms with van der Waals surface area (Å²) in [6.45, 7) is 4.10. The highest BCUT2D eigenvalue weighted by atomic mass is 19.4. The lowest BCUT2D eigenvalue weighted by Crippen LogP contribution is -2.32. The second-order valence-electron chi connectivity index (χ2n) is 7.41. The van der Waals surface area contributed by atoms with Crippen LogP contribution in [0.5, 0.6) is 5.75 Å². The first-order chi connectivity index (χ1) is 16.1. The van der Waals surface area contributed by atoms with Crippen LogP contribution in [0.1, 0.15) is 29.2 Å². The van der Waals surface area contributed by atoms with Crippen molar-refractivity contribution in [1.29, 1.82) is 0 Å². The molecule has 0 radical (unpaired) electrons. The van der Waals surface area contributed by atoms with E-state index in [4.69, 9.17) is 4.74 Å². The molecule has 34 heavy (non-hydrogen) atoms. The minimum absolute atomic E-state index is 0.0511. The average Bonchev–Trinajstić information content (AvgIpc) is 2.82. The first-order valence-electron chi connectivity index (χ1n) is 10.2. The molecule has 0 heterocycles. The van der Waals surface area contributed by atoms with Gasteiger partial charge in [-0.05, 0) is 79.1 Å². The van der Waals surface area contributed by atoms with Crippen LogP contribution in [0.4, 0.5) is 18.9 Å². The van der Waals surface area contributed by atoms with Gasteiger partial charge >= 0.3 is 18.0 Å². The molecule has 2 amide bonds. The molecule has 176 valence electrons. The summed E-state index contributed by atoms with van der Waals surface area (Å²) in [6.07, 6.45) is -4.49. The number of benzene rings is 3. The summed E-state index contributed by atoms with van der Waals surface area (Å²) < 4.78 is 43.6. The maximum Gasteiger partial charge on any atom is 0.416 e. The van der Waals surface area contributed by atoms with Gasteiger partial charge in [0.2, 0.25) is 0 Å². The van der Waals surface area contributed by atoms with Crippen molar-refractivity contribution in [2.45, 2.75) is 26.6 Å². The van der Waals surface area contributed by atoms with Crippen LogP contribution in [-0.2, 0) is 22.4 Å². The molecule has 3 rings (SSSR count). The van der Waals surface area contributed by atoms with E-state index in [1.165, 1.54) is 0 Å². The number of hydrogen-bond donors (Lipinski definition) is 2. The van der Waals surface area contributed by atoms with Crippen molar-refractivity contribution >= 4 is 23.2 Å². The third-order valence-corrected chi connectivity index (χ3v) is 4.93. The van der Waals surface area contributed by atoms with Gasteiger partial charge in [0.15, 0.2) is 0 Å². The predicted octanol–water partition coefficient (Wildman–Crippen LogP) is 5.07. The summed E-state index contributed by atoms with van der Waals surface area (Å²) in [5.74, 6) is -1.45. The van der Waals surface area contributed by atoms with Crippen LogP contribution in [0.25, 0.3) is 0 Å². The minimum Gasteiger partial charge on any atom is -0.489 e. The molecule has 0 atom stereocenters. The number of nitrogens with one attached hydrogen (secondary N) is 2. The normalized spacial score (nSPS) is 11.6. The third-order valence-electron chi connectivity index (χ3n) is 4.93. The van der Waals surface area contributed by atoms with Crippen LogP contribution in [0.15, 0.2) is 77.9 Å². The van der Waals surface area contributed by atoms with E-state index in [1.54, 1.807) is 31.2 Å². The van der Waals surface area contributed by atoms with Gasteiger partial charge in [-0.15, -0.1) is 0 Å². The number of nitrogens with zero attached hydrogens (tertiary/aromatic N) is 1. The number of alkyl halides is 3. The number of hydrogen-bond acceptors (Lipinski definition) is 4. The molecule has 0 aromatic heterocycles. The summed E-state index contributed by atoms with van der Waals surface area (Å²) >= 11 is 0. The Morgan fingerprint density at radius 1 is 0.912 bits per heavy atom. The lowest BCUT2D eigenvalue weighted by atomic mass is 10.1. The summed E-state index contributed by atoms with van der Waals surface area (Å²) in [5, 5.41) is 6.12. The zero-order chi connectivity index (χ0) is 24.7. The lowest BCUT2D eigenvalue weighted by Gasteiger charge is -2.09. The Labute approximate surface area is 194 Å². The topological polar surface area (TPSA) is 79.8 Å². The highest BCUT2D eigenvalue weighted by Gasteiger charge is 2.30. The Kier molecular flexibility index (Phi) is 7.68. The summed E-state index contributed by atoms with van der Waals surface area (Å²) in [6, 6.07) is 18.7. The zero-order valence-electron chi connectivity index (χ0n) is 18.4. The Morgan fingerprint density at radius 2 is 1.56 bits per heavy atom. The maximum absolute atomic E-state index is 12.6. The molecule has 0 saturated heterocycles. The van der Waals surface area contributed by atoms with Gasteiger partial charge in [0.25, 0.3) is 0 Å². The fourth-order valence-corrected chi connectivity index (χ4v) is 2.91. The highest BCUT2D eigenvalue weighted by Crippen LogP contribution is 2.29. The van der Waals surface area contributed by atoms with Crippen molar-refractivity contribution < 1.29 is 27.5 Å².